The Labute approximate surface area is 183 Å². The molecule has 0 amide bonds. The molecule has 4 saturated carbocycles. The highest BCUT2D eigenvalue weighted by Crippen LogP contribution is 2.66. The fourth-order valence-electron chi connectivity index (χ4n) is 10.3. The minimum absolute atomic E-state index is 0.135. The molecular formula is C27H43NO2. The zero-order valence-electron chi connectivity index (χ0n) is 19.4. The van der Waals surface area contributed by atoms with E-state index in [-0.39, 0.29) is 17.4 Å². The van der Waals surface area contributed by atoms with Crippen LogP contribution in [-0.4, -0.2) is 41.0 Å². The predicted molar refractivity (Wildman–Crippen MR) is 119 cm³/mol. The number of fused-ring (bicyclic) bond motifs is 8. The van der Waals surface area contributed by atoms with Crippen molar-refractivity contribution in [3.05, 3.63) is 0 Å². The maximum atomic E-state index is 13.2. The molecule has 3 heteroatoms. The van der Waals surface area contributed by atoms with E-state index in [1.165, 1.54) is 45.2 Å². The van der Waals surface area contributed by atoms with Gasteiger partial charge in [-0.1, -0.05) is 20.8 Å². The molecule has 0 aromatic rings. The third-order valence-electron chi connectivity index (χ3n) is 11.8. The number of carbonyl (C=O) groups is 1. The maximum Gasteiger partial charge on any atom is 0.136 e. The van der Waals surface area contributed by atoms with Crippen LogP contribution in [0.25, 0.3) is 0 Å². The van der Waals surface area contributed by atoms with Crippen LogP contribution in [0.2, 0.25) is 0 Å². The smallest absolute Gasteiger partial charge is 0.136 e. The first-order valence-corrected chi connectivity index (χ1v) is 13.3. The Morgan fingerprint density at radius 2 is 1.70 bits per heavy atom. The highest BCUT2D eigenvalue weighted by Gasteiger charge is 2.62. The Morgan fingerprint density at radius 1 is 0.900 bits per heavy atom. The number of hydrogen-bond donors (Lipinski definition) is 1. The summed E-state index contributed by atoms with van der Waals surface area (Å²) in [5, 5.41) is 10.3. The summed E-state index contributed by atoms with van der Waals surface area (Å²) in [6.45, 7) is 10.1. The number of nitrogens with zero attached hydrogens (tertiary/aromatic N) is 1. The lowest BCUT2D eigenvalue weighted by atomic mass is 9.51. The normalized spacial score (nSPS) is 58.3. The van der Waals surface area contributed by atoms with Gasteiger partial charge >= 0.3 is 0 Å². The van der Waals surface area contributed by atoms with Crippen molar-refractivity contribution >= 4 is 5.78 Å². The first-order valence-electron chi connectivity index (χ1n) is 13.3. The van der Waals surface area contributed by atoms with E-state index in [0.29, 0.717) is 11.7 Å². The van der Waals surface area contributed by atoms with E-state index in [1.807, 2.05) is 0 Å². The van der Waals surface area contributed by atoms with E-state index in [9.17, 15) is 9.90 Å². The fourth-order valence-corrected chi connectivity index (χ4v) is 10.3. The van der Waals surface area contributed by atoms with Crippen molar-refractivity contribution in [3.8, 4) is 0 Å². The molecule has 0 unspecified atom stereocenters. The van der Waals surface area contributed by atoms with Crippen molar-refractivity contribution < 1.29 is 9.90 Å². The standard InChI is InChI=1S/C27H43NO2/c1-15-4-7-25-16(2)18-5-6-19-20(22(18)14-28(25)13-15)11-23-21(19)12-26(30)24-10-17(29)8-9-27(23,24)3/h15-25,29H,4-14H2,1-3H3/t15-,16-,17-,18+,19+,20+,21-,22+,23-,24+,25-,27+/m0/s1. The second kappa shape index (κ2) is 7.04. The van der Waals surface area contributed by atoms with Crippen LogP contribution >= 0.6 is 0 Å². The zero-order chi connectivity index (χ0) is 20.8. The van der Waals surface area contributed by atoms with E-state index in [2.05, 4.69) is 25.7 Å². The summed E-state index contributed by atoms with van der Waals surface area (Å²) in [5.74, 6) is 7.19. The molecule has 2 heterocycles. The lowest BCUT2D eigenvalue weighted by molar-refractivity contribution is -0.145. The summed E-state index contributed by atoms with van der Waals surface area (Å²) in [6, 6.07) is 0.839. The van der Waals surface area contributed by atoms with Crippen molar-refractivity contribution in [2.24, 2.45) is 58.7 Å². The summed E-state index contributed by atoms with van der Waals surface area (Å²) in [4.78, 5) is 16.1. The first-order chi connectivity index (χ1) is 14.4. The van der Waals surface area contributed by atoms with Gasteiger partial charge in [-0.15, -0.1) is 0 Å². The van der Waals surface area contributed by atoms with Crippen molar-refractivity contribution in [1.82, 2.24) is 4.90 Å². The van der Waals surface area contributed by atoms with Crippen LogP contribution in [0.4, 0.5) is 0 Å². The number of aliphatic hydroxyl groups excluding tert-OH is 1. The van der Waals surface area contributed by atoms with Gasteiger partial charge in [-0.2, -0.15) is 0 Å². The molecule has 0 aromatic carbocycles. The molecule has 0 radical (unpaired) electrons. The van der Waals surface area contributed by atoms with Crippen LogP contribution in [0.1, 0.15) is 78.6 Å². The van der Waals surface area contributed by atoms with E-state index in [1.54, 1.807) is 0 Å². The summed E-state index contributed by atoms with van der Waals surface area (Å²) in [5.41, 5.74) is 0.161. The number of ketones is 1. The second-order valence-electron chi connectivity index (χ2n) is 13.0. The van der Waals surface area contributed by atoms with Crippen molar-refractivity contribution in [1.29, 1.82) is 0 Å². The molecule has 4 aliphatic carbocycles. The minimum Gasteiger partial charge on any atom is -0.393 e. The number of aliphatic hydroxyl groups is 1. The molecule has 0 aromatic heterocycles. The Kier molecular flexibility index (Phi) is 4.75. The van der Waals surface area contributed by atoms with Crippen molar-refractivity contribution in [2.75, 3.05) is 13.1 Å². The molecule has 168 valence electrons. The average molecular weight is 414 g/mol. The van der Waals surface area contributed by atoms with Crippen LogP contribution in [0, 0.1) is 58.7 Å². The third kappa shape index (κ3) is 2.79. The van der Waals surface area contributed by atoms with Gasteiger partial charge in [0.2, 0.25) is 0 Å². The van der Waals surface area contributed by atoms with Gasteiger partial charge in [0, 0.05) is 31.5 Å². The quantitative estimate of drug-likeness (QED) is 0.622. The molecule has 12 atom stereocenters. The van der Waals surface area contributed by atoms with Gasteiger partial charge in [-0.05, 0) is 104 Å². The van der Waals surface area contributed by atoms with Gasteiger partial charge in [0.1, 0.15) is 5.78 Å². The van der Waals surface area contributed by atoms with Gasteiger partial charge in [0.25, 0.3) is 0 Å². The highest BCUT2D eigenvalue weighted by atomic mass is 16.3. The molecule has 1 N–H and O–H groups in total. The molecule has 6 aliphatic rings. The average Bonchev–Trinajstić information content (AvgIpc) is 3.09. The number of piperidine rings is 2. The number of Topliss-reactive ketones (excluding diaryl/α,β-unsaturated/α-hetero) is 1. The monoisotopic (exact) mass is 413 g/mol. The lowest BCUT2D eigenvalue weighted by Gasteiger charge is -2.56. The molecule has 6 fully saturated rings. The van der Waals surface area contributed by atoms with Crippen LogP contribution in [0.15, 0.2) is 0 Å². The van der Waals surface area contributed by atoms with E-state index < -0.39 is 0 Å². The third-order valence-corrected chi connectivity index (χ3v) is 11.8. The number of carbonyl (C=O) groups excluding carboxylic acids is 1. The van der Waals surface area contributed by atoms with Gasteiger partial charge < -0.3 is 5.11 Å². The van der Waals surface area contributed by atoms with Crippen LogP contribution < -0.4 is 0 Å². The van der Waals surface area contributed by atoms with Crippen LogP contribution in [0.5, 0.6) is 0 Å². The zero-order valence-corrected chi connectivity index (χ0v) is 19.4. The summed E-state index contributed by atoms with van der Waals surface area (Å²) in [6.07, 6.45) is 10.3. The summed E-state index contributed by atoms with van der Waals surface area (Å²) >= 11 is 0. The van der Waals surface area contributed by atoms with E-state index in [4.69, 9.17) is 0 Å². The number of rotatable bonds is 0. The summed E-state index contributed by atoms with van der Waals surface area (Å²) < 4.78 is 0. The molecule has 30 heavy (non-hydrogen) atoms. The highest BCUT2D eigenvalue weighted by molar-refractivity contribution is 5.83. The van der Waals surface area contributed by atoms with Crippen LogP contribution in [-0.2, 0) is 4.79 Å². The minimum atomic E-state index is -0.242. The Hall–Kier alpha value is -0.410. The lowest BCUT2D eigenvalue weighted by Crippen LogP contribution is -2.58. The molecule has 2 saturated heterocycles. The van der Waals surface area contributed by atoms with E-state index >= 15 is 0 Å². The maximum absolute atomic E-state index is 13.2. The van der Waals surface area contributed by atoms with Crippen molar-refractivity contribution in [2.45, 2.75) is 90.7 Å². The molecule has 0 spiro atoms. The van der Waals surface area contributed by atoms with Crippen LogP contribution in [0.3, 0.4) is 0 Å². The predicted octanol–water partition coefficient (Wildman–Crippen LogP) is 4.77. The van der Waals surface area contributed by atoms with E-state index in [0.717, 1.165) is 73.2 Å². The number of hydrogen-bond acceptors (Lipinski definition) is 3. The summed E-state index contributed by atoms with van der Waals surface area (Å²) in [7, 11) is 0. The van der Waals surface area contributed by atoms with Gasteiger partial charge in [-0.25, -0.2) is 0 Å². The first kappa shape index (κ1) is 20.2. The van der Waals surface area contributed by atoms with Gasteiger partial charge in [0.05, 0.1) is 6.10 Å². The van der Waals surface area contributed by atoms with Gasteiger partial charge in [0.15, 0.2) is 0 Å². The fraction of sp³-hybridized carbons (Fsp3) is 0.963. The topological polar surface area (TPSA) is 40.5 Å². The van der Waals surface area contributed by atoms with Crippen molar-refractivity contribution in [3.63, 3.8) is 0 Å². The molecule has 0 bridgehead atoms. The van der Waals surface area contributed by atoms with Gasteiger partial charge in [-0.3, -0.25) is 9.69 Å². The largest absolute Gasteiger partial charge is 0.393 e. The Bertz CT molecular complexity index is 705. The molecule has 3 nitrogen and oxygen atoms in total. The molecule has 6 rings (SSSR count). The molecule has 2 aliphatic heterocycles. The second-order valence-corrected chi connectivity index (χ2v) is 13.0. The molecular weight excluding hydrogens is 370 g/mol. The Balaban J connectivity index is 1.28. The Morgan fingerprint density at radius 3 is 2.53 bits per heavy atom. The SMILES string of the molecule is C[C@H]1CC[C@H]2[C@@H](C)[C@H]3CC[C@@H]4[C@@H](C[C@H]5[C@H]4CC(=O)[C@H]4C[C@@H](O)CC[C@@]45C)[C@@H]3CN2C1.